The first kappa shape index (κ1) is 20.3. The third-order valence-electron chi connectivity index (χ3n) is 5.03. The van der Waals surface area contributed by atoms with Gasteiger partial charge in [-0.2, -0.15) is 0 Å². The normalized spacial score (nSPS) is 10.9. The molecule has 0 atom stereocenters. The largest absolute Gasteiger partial charge is 0.456 e. The highest BCUT2D eigenvalue weighted by Gasteiger charge is 2.22. The predicted molar refractivity (Wildman–Crippen MR) is 116 cm³/mol. The fourth-order valence-corrected chi connectivity index (χ4v) is 3.55. The van der Waals surface area contributed by atoms with Crippen LogP contribution >= 0.6 is 0 Å². The maximum Gasteiger partial charge on any atom is 0.341 e. The van der Waals surface area contributed by atoms with E-state index in [1.54, 1.807) is 18.2 Å². The molecule has 0 bridgehead atoms. The topological polar surface area (TPSA) is 82.8 Å². The molecule has 31 heavy (non-hydrogen) atoms. The van der Waals surface area contributed by atoms with Crippen molar-refractivity contribution >= 4 is 22.9 Å². The number of ether oxygens (including phenoxy) is 2. The molecule has 0 N–H and O–H groups in total. The Morgan fingerprint density at radius 3 is 2.52 bits per heavy atom. The van der Waals surface area contributed by atoms with Gasteiger partial charge in [0.05, 0.1) is 5.56 Å². The molecule has 0 radical (unpaired) electrons. The van der Waals surface area contributed by atoms with Crippen molar-refractivity contribution in [2.75, 3.05) is 6.79 Å². The third kappa shape index (κ3) is 4.05. The first-order valence-corrected chi connectivity index (χ1v) is 9.87. The number of carbonyl (C=O) groups is 2. The van der Waals surface area contributed by atoms with Gasteiger partial charge >= 0.3 is 11.9 Å². The Morgan fingerprint density at radius 2 is 1.74 bits per heavy atom. The van der Waals surface area contributed by atoms with E-state index in [1.807, 2.05) is 37.3 Å². The second-order valence-corrected chi connectivity index (χ2v) is 7.05. The molecule has 0 amide bonds. The molecule has 6 heteroatoms. The van der Waals surface area contributed by atoms with E-state index in [-0.39, 0.29) is 5.43 Å². The molecular formula is C25H20O6. The van der Waals surface area contributed by atoms with Crippen LogP contribution in [0.2, 0.25) is 0 Å². The van der Waals surface area contributed by atoms with Crippen molar-refractivity contribution in [3.8, 4) is 22.5 Å². The van der Waals surface area contributed by atoms with E-state index in [0.29, 0.717) is 28.0 Å². The van der Waals surface area contributed by atoms with E-state index in [2.05, 4.69) is 0 Å². The van der Waals surface area contributed by atoms with Crippen molar-refractivity contribution in [1.82, 2.24) is 0 Å². The van der Waals surface area contributed by atoms with Gasteiger partial charge in [0.25, 0.3) is 0 Å². The number of hydrogen-bond acceptors (Lipinski definition) is 6. The number of rotatable bonds is 5. The van der Waals surface area contributed by atoms with Gasteiger partial charge in [-0.05, 0) is 41.8 Å². The van der Waals surface area contributed by atoms with E-state index < -0.39 is 18.7 Å². The Labute approximate surface area is 178 Å². The van der Waals surface area contributed by atoms with Gasteiger partial charge in [-0.25, -0.2) is 4.79 Å². The number of fused-ring (bicyclic) bond motifs is 2. The smallest absolute Gasteiger partial charge is 0.341 e. The van der Waals surface area contributed by atoms with Gasteiger partial charge in [0.1, 0.15) is 11.3 Å². The van der Waals surface area contributed by atoms with Gasteiger partial charge in [0.15, 0.2) is 5.43 Å². The second kappa shape index (κ2) is 8.44. The fourth-order valence-electron chi connectivity index (χ4n) is 3.55. The van der Waals surface area contributed by atoms with Crippen molar-refractivity contribution in [3.05, 3.63) is 82.0 Å². The molecule has 0 unspecified atom stereocenters. The van der Waals surface area contributed by atoms with Crippen LogP contribution in [0.4, 0.5) is 0 Å². The lowest BCUT2D eigenvalue weighted by atomic mass is 9.90. The summed E-state index contributed by atoms with van der Waals surface area (Å²) in [6.45, 7) is 2.82. The summed E-state index contributed by atoms with van der Waals surface area (Å²) in [4.78, 5) is 35.7. The second-order valence-electron chi connectivity index (χ2n) is 7.05. The molecule has 6 nitrogen and oxygen atoms in total. The number of hydrogen-bond donors (Lipinski definition) is 0. The van der Waals surface area contributed by atoms with E-state index >= 15 is 0 Å². The summed E-state index contributed by atoms with van der Waals surface area (Å²) >= 11 is 0. The summed E-state index contributed by atoms with van der Waals surface area (Å²) in [5.74, 6) is -0.723. The van der Waals surface area contributed by atoms with Crippen LogP contribution in [-0.2, 0) is 20.7 Å². The molecule has 156 valence electrons. The molecule has 4 rings (SSSR count). The van der Waals surface area contributed by atoms with E-state index in [1.165, 1.54) is 19.1 Å². The predicted octanol–water partition coefficient (Wildman–Crippen LogP) is 4.80. The van der Waals surface area contributed by atoms with Crippen molar-refractivity contribution in [1.29, 1.82) is 0 Å². The zero-order valence-electron chi connectivity index (χ0n) is 17.1. The van der Waals surface area contributed by atoms with E-state index in [0.717, 1.165) is 22.9 Å². The molecule has 0 saturated heterocycles. The highest BCUT2D eigenvalue weighted by atomic mass is 16.7. The maximum absolute atomic E-state index is 12.8. The van der Waals surface area contributed by atoms with Crippen LogP contribution in [0.5, 0.6) is 0 Å². The van der Waals surface area contributed by atoms with Gasteiger partial charge in [-0.3, -0.25) is 9.59 Å². The average molecular weight is 416 g/mol. The minimum Gasteiger partial charge on any atom is -0.456 e. The van der Waals surface area contributed by atoms with Crippen molar-refractivity contribution in [2.24, 2.45) is 0 Å². The summed E-state index contributed by atoms with van der Waals surface area (Å²) in [6, 6.07) is 17.5. The Kier molecular flexibility index (Phi) is 5.54. The first-order valence-electron chi connectivity index (χ1n) is 9.87. The standard InChI is InChI=1S/C25H20O6/c1-3-16-8-10-20-22(12-16)31-23-13-17(27)9-11-21(23)24(20)18-6-4-5-7-19(18)25(28)30-14-29-15(2)26/h4-13H,3,14H2,1-2H3. The van der Waals surface area contributed by atoms with Gasteiger partial charge in [0, 0.05) is 29.5 Å². The Bertz CT molecular complexity index is 1320. The summed E-state index contributed by atoms with van der Waals surface area (Å²) in [5, 5.41) is 0.809. The molecule has 0 aromatic heterocycles. The fraction of sp³-hybridized carbons (Fsp3) is 0.160. The Hall–Kier alpha value is -3.93. The summed E-state index contributed by atoms with van der Waals surface area (Å²) in [5.41, 5.74) is 3.96. The van der Waals surface area contributed by atoms with E-state index in [4.69, 9.17) is 13.9 Å². The van der Waals surface area contributed by atoms with Crippen molar-refractivity contribution in [2.45, 2.75) is 20.3 Å². The van der Waals surface area contributed by atoms with Crippen LogP contribution < -0.4 is 5.43 Å². The lowest BCUT2D eigenvalue weighted by molar-refractivity contribution is -0.149. The zero-order chi connectivity index (χ0) is 22.0. The van der Waals surface area contributed by atoms with Gasteiger partial charge in [-0.15, -0.1) is 0 Å². The van der Waals surface area contributed by atoms with Crippen LogP contribution in [0.3, 0.4) is 0 Å². The van der Waals surface area contributed by atoms with Gasteiger partial charge in [-0.1, -0.05) is 37.3 Å². The summed E-state index contributed by atoms with van der Waals surface area (Å²) in [7, 11) is 0. The van der Waals surface area contributed by atoms with Crippen LogP contribution in [0.1, 0.15) is 29.8 Å². The third-order valence-corrected chi connectivity index (χ3v) is 5.03. The molecule has 0 fully saturated rings. The van der Waals surface area contributed by atoms with Crippen LogP contribution in [0.15, 0.2) is 69.9 Å². The van der Waals surface area contributed by atoms with Gasteiger partial charge in [0.2, 0.25) is 6.79 Å². The summed E-state index contributed by atoms with van der Waals surface area (Å²) < 4.78 is 15.9. The molecule has 1 aliphatic carbocycles. The minimum atomic E-state index is -0.621. The van der Waals surface area contributed by atoms with Gasteiger partial charge < -0.3 is 13.9 Å². The number of esters is 2. The number of benzene rings is 3. The maximum atomic E-state index is 12.8. The highest BCUT2D eigenvalue weighted by molar-refractivity contribution is 6.07. The Morgan fingerprint density at radius 1 is 0.935 bits per heavy atom. The number of carbonyl (C=O) groups excluding carboxylic acids is 2. The lowest BCUT2D eigenvalue weighted by Crippen LogP contribution is -2.12. The summed E-state index contributed by atoms with van der Waals surface area (Å²) in [6.07, 6.45) is 0.833. The average Bonchev–Trinajstić information content (AvgIpc) is 2.76. The molecule has 0 saturated carbocycles. The highest BCUT2D eigenvalue weighted by Crippen LogP contribution is 2.41. The monoisotopic (exact) mass is 416 g/mol. The quantitative estimate of drug-likeness (QED) is 0.264. The van der Waals surface area contributed by atoms with E-state index in [9.17, 15) is 14.4 Å². The first-order chi connectivity index (χ1) is 15.0. The molecule has 0 spiro atoms. The minimum absolute atomic E-state index is 0.165. The molecule has 2 aliphatic rings. The lowest BCUT2D eigenvalue weighted by Gasteiger charge is -2.17. The molecule has 2 aromatic rings. The number of aryl methyl sites for hydroxylation is 1. The zero-order valence-corrected chi connectivity index (χ0v) is 17.1. The van der Waals surface area contributed by atoms with Crippen LogP contribution in [0, 0.1) is 0 Å². The molecule has 1 aliphatic heterocycles. The van der Waals surface area contributed by atoms with Crippen LogP contribution in [-0.4, -0.2) is 18.7 Å². The molecule has 1 heterocycles. The van der Waals surface area contributed by atoms with Crippen molar-refractivity contribution in [3.63, 3.8) is 0 Å². The Balaban J connectivity index is 1.94. The van der Waals surface area contributed by atoms with Crippen molar-refractivity contribution < 1.29 is 23.5 Å². The molecule has 2 aromatic carbocycles. The van der Waals surface area contributed by atoms with Crippen LogP contribution in [0.25, 0.3) is 33.4 Å². The SMILES string of the molecule is CCc1ccc2c(-c3ccccc3C(=O)OCOC(C)=O)c3ccc(=O)cc-3oc2c1. The molecular weight excluding hydrogens is 396 g/mol.